The fourth-order valence-corrected chi connectivity index (χ4v) is 3.29. The zero-order valence-electron chi connectivity index (χ0n) is 9.27. The number of rotatable bonds is 4. The first-order valence-corrected chi connectivity index (χ1v) is 6.90. The average Bonchev–Trinajstić information content (AvgIpc) is 2.84. The Labute approximate surface area is 108 Å². The van der Waals surface area contributed by atoms with E-state index in [1.807, 2.05) is 17.9 Å². The lowest BCUT2D eigenvalue weighted by atomic mass is 10.1. The molecule has 0 fully saturated rings. The summed E-state index contributed by atoms with van der Waals surface area (Å²) in [7, 11) is 1.97. The van der Waals surface area contributed by atoms with E-state index in [-0.39, 0.29) is 6.04 Å². The summed E-state index contributed by atoms with van der Waals surface area (Å²) >= 11 is 5.29. The van der Waals surface area contributed by atoms with Crippen LogP contribution in [0.25, 0.3) is 0 Å². The van der Waals surface area contributed by atoms with Crippen molar-refractivity contribution in [3.63, 3.8) is 0 Å². The molecule has 86 valence electrons. The molecule has 1 N–H and O–H groups in total. The van der Waals surface area contributed by atoms with Gasteiger partial charge in [0.15, 0.2) is 0 Å². The van der Waals surface area contributed by atoms with Gasteiger partial charge in [-0.05, 0) is 39.5 Å². The summed E-state index contributed by atoms with van der Waals surface area (Å²) < 4.78 is 3.07. The smallest absolute Gasteiger partial charge is 0.0767 e. The Morgan fingerprint density at radius 3 is 2.88 bits per heavy atom. The zero-order chi connectivity index (χ0) is 11.5. The Morgan fingerprint density at radius 2 is 2.38 bits per heavy atom. The number of hydrogen-bond acceptors (Lipinski definition) is 3. The van der Waals surface area contributed by atoms with Crippen molar-refractivity contribution in [3.05, 3.63) is 38.8 Å². The van der Waals surface area contributed by atoms with E-state index in [1.165, 1.54) is 11.3 Å². The maximum absolute atomic E-state index is 4.22. The summed E-state index contributed by atoms with van der Waals surface area (Å²) in [6.45, 7) is 3.04. The van der Waals surface area contributed by atoms with Gasteiger partial charge in [-0.2, -0.15) is 16.4 Å². The van der Waals surface area contributed by atoms with E-state index in [2.05, 4.69) is 50.1 Å². The lowest BCUT2D eigenvalue weighted by Crippen LogP contribution is -2.24. The van der Waals surface area contributed by atoms with Gasteiger partial charge in [0.25, 0.3) is 0 Å². The van der Waals surface area contributed by atoms with Crippen molar-refractivity contribution in [3.8, 4) is 0 Å². The topological polar surface area (TPSA) is 29.9 Å². The van der Waals surface area contributed by atoms with E-state index in [0.29, 0.717) is 0 Å². The van der Waals surface area contributed by atoms with Crippen LogP contribution >= 0.6 is 27.3 Å². The highest BCUT2D eigenvalue weighted by atomic mass is 79.9. The molecule has 0 aliphatic heterocycles. The van der Waals surface area contributed by atoms with E-state index in [0.717, 1.165) is 11.0 Å². The summed E-state index contributed by atoms with van der Waals surface area (Å²) in [5, 5.41) is 12.0. The Balaban J connectivity index is 2.39. The molecule has 1 unspecified atom stereocenters. The second-order valence-corrected chi connectivity index (χ2v) is 5.14. The van der Waals surface area contributed by atoms with E-state index in [4.69, 9.17) is 0 Å². The van der Waals surface area contributed by atoms with Crippen molar-refractivity contribution < 1.29 is 0 Å². The van der Waals surface area contributed by atoms with Gasteiger partial charge in [-0.1, -0.05) is 6.92 Å². The summed E-state index contributed by atoms with van der Waals surface area (Å²) in [6, 6.07) is 2.26. The highest BCUT2D eigenvalue weighted by Gasteiger charge is 2.19. The molecule has 3 nitrogen and oxygen atoms in total. The molecule has 0 bridgehead atoms. The van der Waals surface area contributed by atoms with Crippen LogP contribution in [0.1, 0.15) is 24.2 Å². The van der Waals surface area contributed by atoms with Gasteiger partial charge < -0.3 is 5.32 Å². The van der Waals surface area contributed by atoms with Crippen LogP contribution in [-0.4, -0.2) is 16.3 Å². The standard InChI is InChI=1S/C11H14BrN3S/c1-3-13-11(8-6-16-7-9(8)12)10-4-5-14-15(10)2/h4-7,11,13H,3H2,1-2H3. The molecule has 0 aliphatic rings. The van der Waals surface area contributed by atoms with Crippen molar-refractivity contribution in [2.45, 2.75) is 13.0 Å². The third-order valence-corrected chi connectivity index (χ3v) is 4.27. The normalized spacial score (nSPS) is 12.9. The third kappa shape index (κ3) is 2.21. The van der Waals surface area contributed by atoms with Crippen LogP contribution in [0.3, 0.4) is 0 Å². The second kappa shape index (κ2) is 5.12. The predicted octanol–water partition coefficient (Wildman–Crippen LogP) is 2.94. The molecule has 0 aliphatic carbocycles. The van der Waals surface area contributed by atoms with Crippen LogP contribution in [0.15, 0.2) is 27.5 Å². The largest absolute Gasteiger partial charge is 0.305 e. The molecule has 2 aromatic rings. The fraction of sp³-hybridized carbons (Fsp3) is 0.364. The van der Waals surface area contributed by atoms with Crippen LogP contribution in [-0.2, 0) is 7.05 Å². The van der Waals surface area contributed by atoms with Gasteiger partial charge in [0.2, 0.25) is 0 Å². The maximum atomic E-state index is 4.22. The van der Waals surface area contributed by atoms with Crippen molar-refractivity contribution in [1.82, 2.24) is 15.1 Å². The van der Waals surface area contributed by atoms with Crippen LogP contribution in [0.4, 0.5) is 0 Å². The fourth-order valence-electron chi connectivity index (χ4n) is 1.74. The number of aryl methyl sites for hydroxylation is 1. The molecule has 2 aromatic heterocycles. The summed E-state index contributed by atoms with van der Waals surface area (Å²) in [4.78, 5) is 0. The Bertz CT molecular complexity index is 423. The molecule has 2 heterocycles. The molecular weight excluding hydrogens is 286 g/mol. The van der Waals surface area contributed by atoms with Gasteiger partial charge in [0.1, 0.15) is 0 Å². The molecule has 0 saturated carbocycles. The molecule has 2 rings (SSSR count). The number of nitrogens with one attached hydrogen (secondary N) is 1. The number of thiophene rings is 1. The molecule has 0 spiro atoms. The minimum absolute atomic E-state index is 0.207. The third-order valence-electron chi connectivity index (χ3n) is 2.52. The maximum Gasteiger partial charge on any atom is 0.0767 e. The lowest BCUT2D eigenvalue weighted by Gasteiger charge is -2.17. The van der Waals surface area contributed by atoms with Crippen molar-refractivity contribution in [2.24, 2.45) is 7.05 Å². The first-order chi connectivity index (χ1) is 7.74. The van der Waals surface area contributed by atoms with Crippen LogP contribution in [0, 0.1) is 0 Å². The quantitative estimate of drug-likeness (QED) is 0.941. The zero-order valence-corrected chi connectivity index (χ0v) is 11.7. The number of hydrogen-bond donors (Lipinski definition) is 1. The Morgan fingerprint density at radius 1 is 1.56 bits per heavy atom. The molecule has 0 saturated heterocycles. The van der Waals surface area contributed by atoms with Gasteiger partial charge >= 0.3 is 0 Å². The minimum Gasteiger partial charge on any atom is -0.305 e. The molecule has 0 aromatic carbocycles. The highest BCUT2D eigenvalue weighted by Crippen LogP contribution is 2.31. The number of aromatic nitrogens is 2. The van der Waals surface area contributed by atoms with Crippen LogP contribution in [0.2, 0.25) is 0 Å². The average molecular weight is 300 g/mol. The molecule has 16 heavy (non-hydrogen) atoms. The van der Waals surface area contributed by atoms with Crippen LogP contribution < -0.4 is 5.32 Å². The minimum atomic E-state index is 0.207. The van der Waals surface area contributed by atoms with E-state index < -0.39 is 0 Å². The Hall–Kier alpha value is -0.650. The number of nitrogens with zero attached hydrogens (tertiary/aromatic N) is 2. The number of halogens is 1. The molecule has 5 heteroatoms. The van der Waals surface area contributed by atoms with Crippen molar-refractivity contribution in [1.29, 1.82) is 0 Å². The first kappa shape index (κ1) is 11.8. The SMILES string of the molecule is CCNC(c1cscc1Br)c1ccnn1C. The van der Waals surface area contributed by atoms with Gasteiger partial charge in [-0.3, -0.25) is 4.68 Å². The van der Waals surface area contributed by atoms with E-state index >= 15 is 0 Å². The van der Waals surface area contributed by atoms with E-state index in [1.54, 1.807) is 11.3 Å². The summed E-state index contributed by atoms with van der Waals surface area (Å²) in [6.07, 6.45) is 1.83. The molecule has 0 radical (unpaired) electrons. The van der Waals surface area contributed by atoms with Gasteiger partial charge in [0.05, 0.1) is 11.7 Å². The molecule has 0 amide bonds. The van der Waals surface area contributed by atoms with Crippen molar-refractivity contribution >= 4 is 27.3 Å². The predicted molar refractivity (Wildman–Crippen MR) is 70.7 cm³/mol. The van der Waals surface area contributed by atoms with Gasteiger partial charge in [-0.25, -0.2) is 0 Å². The second-order valence-electron chi connectivity index (χ2n) is 3.55. The van der Waals surface area contributed by atoms with Crippen LogP contribution in [0.5, 0.6) is 0 Å². The molecule has 1 atom stereocenters. The van der Waals surface area contributed by atoms with Gasteiger partial charge in [-0.15, -0.1) is 0 Å². The Kier molecular flexibility index (Phi) is 3.78. The van der Waals surface area contributed by atoms with Gasteiger partial charge in [0, 0.05) is 23.1 Å². The monoisotopic (exact) mass is 299 g/mol. The van der Waals surface area contributed by atoms with Crippen molar-refractivity contribution in [2.75, 3.05) is 6.54 Å². The van der Waals surface area contributed by atoms with E-state index in [9.17, 15) is 0 Å². The summed E-state index contributed by atoms with van der Waals surface area (Å²) in [5.74, 6) is 0. The molecular formula is C11H14BrN3S. The summed E-state index contributed by atoms with van der Waals surface area (Å²) in [5.41, 5.74) is 2.46. The first-order valence-electron chi connectivity index (χ1n) is 5.17. The lowest BCUT2D eigenvalue weighted by molar-refractivity contribution is 0.572. The highest BCUT2D eigenvalue weighted by molar-refractivity contribution is 9.10.